The van der Waals surface area contributed by atoms with E-state index in [1.54, 1.807) is 0 Å². The maximum atomic E-state index is 6.14. The van der Waals surface area contributed by atoms with E-state index in [4.69, 9.17) is 14.4 Å². The number of rotatable bonds is 3. The van der Waals surface area contributed by atoms with Gasteiger partial charge in [-0.05, 0) is 23.3 Å². The van der Waals surface area contributed by atoms with Crippen LogP contribution in [0.4, 0.5) is 0 Å². The zero-order valence-electron chi connectivity index (χ0n) is 16.7. The molecule has 0 fully saturated rings. The summed E-state index contributed by atoms with van der Waals surface area (Å²) < 4.78 is 6.14. The molecule has 146 valence electrons. The third-order valence-electron chi connectivity index (χ3n) is 5.51. The first kappa shape index (κ1) is 17.6. The molecule has 31 heavy (non-hydrogen) atoms. The van der Waals surface area contributed by atoms with Crippen LogP contribution in [0.3, 0.4) is 0 Å². The standard InChI is InChI=1S/C28H18N2O/c1-3-10-19(11-4-1)21-14-9-15-22(18-21)27-29-26(20-12-5-2-6-13-20)25-23-16-7-8-17-24(23)31-28(25)30-27/h1-18H. The highest BCUT2D eigenvalue weighted by molar-refractivity contribution is 6.10. The summed E-state index contributed by atoms with van der Waals surface area (Å²) in [6, 6.07) is 36.9. The molecule has 0 amide bonds. The number of para-hydroxylation sites is 1. The third-order valence-corrected chi connectivity index (χ3v) is 5.51. The van der Waals surface area contributed by atoms with Gasteiger partial charge in [0.05, 0.1) is 11.1 Å². The van der Waals surface area contributed by atoms with E-state index in [1.807, 2.05) is 66.7 Å². The normalized spacial score (nSPS) is 11.2. The quantitative estimate of drug-likeness (QED) is 0.312. The summed E-state index contributed by atoms with van der Waals surface area (Å²) in [7, 11) is 0. The van der Waals surface area contributed by atoms with E-state index in [0.717, 1.165) is 44.3 Å². The molecule has 2 aromatic heterocycles. The van der Waals surface area contributed by atoms with Crippen molar-refractivity contribution in [1.82, 2.24) is 9.97 Å². The Labute approximate surface area is 179 Å². The van der Waals surface area contributed by atoms with E-state index >= 15 is 0 Å². The Bertz CT molecular complexity index is 1520. The van der Waals surface area contributed by atoms with Gasteiger partial charge in [-0.2, -0.15) is 4.98 Å². The van der Waals surface area contributed by atoms with E-state index in [2.05, 4.69) is 42.5 Å². The molecule has 6 aromatic rings. The molecule has 0 aliphatic carbocycles. The van der Waals surface area contributed by atoms with Crippen molar-refractivity contribution in [3.63, 3.8) is 0 Å². The largest absolute Gasteiger partial charge is 0.438 e. The monoisotopic (exact) mass is 398 g/mol. The molecular weight excluding hydrogens is 380 g/mol. The summed E-state index contributed by atoms with van der Waals surface area (Å²) in [5.41, 5.74) is 6.61. The van der Waals surface area contributed by atoms with Gasteiger partial charge in [0.2, 0.25) is 5.71 Å². The Morgan fingerprint density at radius 2 is 1.16 bits per heavy atom. The minimum absolute atomic E-state index is 0.607. The minimum Gasteiger partial charge on any atom is -0.438 e. The number of hydrogen-bond acceptors (Lipinski definition) is 3. The topological polar surface area (TPSA) is 38.9 Å². The van der Waals surface area contributed by atoms with Crippen molar-refractivity contribution in [1.29, 1.82) is 0 Å². The van der Waals surface area contributed by atoms with Crippen LogP contribution in [0.25, 0.3) is 55.8 Å². The molecule has 2 heterocycles. The Morgan fingerprint density at radius 1 is 0.516 bits per heavy atom. The molecule has 0 saturated heterocycles. The van der Waals surface area contributed by atoms with Crippen molar-refractivity contribution in [2.75, 3.05) is 0 Å². The molecule has 0 radical (unpaired) electrons. The predicted molar refractivity (Wildman–Crippen MR) is 126 cm³/mol. The first-order valence-corrected chi connectivity index (χ1v) is 10.3. The van der Waals surface area contributed by atoms with Gasteiger partial charge in [-0.1, -0.05) is 97.1 Å². The number of fused-ring (bicyclic) bond motifs is 3. The average Bonchev–Trinajstić information content (AvgIpc) is 3.23. The third kappa shape index (κ3) is 3.08. The molecular formula is C28H18N2O. The van der Waals surface area contributed by atoms with Gasteiger partial charge >= 0.3 is 0 Å². The Hall–Kier alpha value is -4.24. The van der Waals surface area contributed by atoms with Gasteiger partial charge < -0.3 is 4.42 Å². The molecule has 3 heteroatoms. The lowest BCUT2D eigenvalue weighted by Crippen LogP contribution is -1.94. The van der Waals surface area contributed by atoms with Gasteiger partial charge in [0.25, 0.3) is 0 Å². The van der Waals surface area contributed by atoms with Crippen LogP contribution < -0.4 is 0 Å². The zero-order chi connectivity index (χ0) is 20.6. The zero-order valence-corrected chi connectivity index (χ0v) is 16.7. The van der Waals surface area contributed by atoms with Crippen LogP contribution in [0.1, 0.15) is 0 Å². The number of benzene rings is 4. The maximum Gasteiger partial charge on any atom is 0.231 e. The van der Waals surface area contributed by atoms with Crippen LogP contribution in [0.5, 0.6) is 0 Å². The van der Waals surface area contributed by atoms with E-state index < -0.39 is 0 Å². The first-order chi connectivity index (χ1) is 15.4. The number of aromatic nitrogens is 2. The molecule has 4 aromatic carbocycles. The maximum absolute atomic E-state index is 6.14. The highest BCUT2D eigenvalue weighted by Crippen LogP contribution is 2.36. The second kappa shape index (κ2) is 7.22. The molecule has 0 unspecified atom stereocenters. The Kier molecular flexibility index (Phi) is 4.10. The lowest BCUT2D eigenvalue weighted by molar-refractivity contribution is 0.653. The minimum atomic E-state index is 0.607. The smallest absolute Gasteiger partial charge is 0.231 e. The molecule has 3 nitrogen and oxygen atoms in total. The average molecular weight is 398 g/mol. The summed E-state index contributed by atoms with van der Waals surface area (Å²) >= 11 is 0. The summed E-state index contributed by atoms with van der Waals surface area (Å²) in [5.74, 6) is 0.656. The van der Waals surface area contributed by atoms with Crippen molar-refractivity contribution in [2.24, 2.45) is 0 Å². The fourth-order valence-electron chi connectivity index (χ4n) is 4.03. The molecule has 0 bridgehead atoms. The van der Waals surface area contributed by atoms with Gasteiger partial charge in [-0.25, -0.2) is 4.98 Å². The van der Waals surface area contributed by atoms with Crippen molar-refractivity contribution in [2.45, 2.75) is 0 Å². The second-order valence-corrected chi connectivity index (χ2v) is 7.49. The van der Waals surface area contributed by atoms with Crippen LogP contribution in [0.15, 0.2) is 114 Å². The fraction of sp³-hybridized carbons (Fsp3) is 0. The van der Waals surface area contributed by atoms with E-state index in [1.165, 1.54) is 0 Å². The summed E-state index contributed by atoms with van der Waals surface area (Å²) in [4.78, 5) is 9.85. The fourth-order valence-corrected chi connectivity index (χ4v) is 4.03. The summed E-state index contributed by atoms with van der Waals surface area (Å²) in [6.45, 7) is 0. The second-order valence-electron chi connectivity index (χ2n) is 7.49. The van der Waals surface area contributed by atoms with Crippen LogP contribution >= 0.6 is 0 Å². The number of nitrogens with zero attached hydrogens (tertiary/aromatic N) is 2. The van der Waals surface area contributed by atoms with E-state index in [9.17, 15) is 0 Å². The lowest BCUT2D eigenvalue weighted by Gasteiger charge is -2.08. The molecule has 0 saturated carbocycles. The highest BCUT2D eigenvalue weighted by atomic mass is 16.3. The van der Waals surface area contributed by atoms with E-state index in [-0.39, 0.29) is 0 Å². The van der Waals surface area contributed by atoms with Crippen LogP contribution in [0, 0.1) is 0 Å². The van der Waals surface area contributed by atoms with Gasteiger partial charge in [0.15, 0.2) is 5.82 Å². The number of furan rings is 1. The molecule has 6 rings (SSSR count). The molecule has 0 aliphatic heterocycles. The summed E-state index contributed by atoms with van der Waals surface area (Å²) in [5, 5.41) is 1.98. The SMILES string of the molecule is c1ccc(-c2cccc(-c3nc(-c4ccccc4)c4c(n3)oc3ccccc34)c2)cc1. The molecule has 0 atom stereocenters. The Balaban J connectivity index is 1.61. The van der Waals surface area contributed by atoms with Crippen molar-refractivity contribution in [3.05, 3.63) is 109 Å². The molecule has 0 N–H and O–H groups in total. The van der Waals surface area contributed by atoms with Crippen LogP contribution in [-0.2, 0) is 0 Å². The summed E-state index contributed by atoms with van der Waals surface area (Å²) in [6.07, 6.45) is 0. The predicted octanol–water partition coefficient (Wildman–Crippen LogP) is 7.38. The number of hydrogen-bond donors (Lipinski definition) is 0. The van der Waals surface area contributed by atoms with Crippen LogP contribution in [-0.4, -0.2) is 9.97 Å². The van der Waals surface area contributed by atoms with Gasteiger partial charge in [-0.3, -0.25) is 0 Å². The first-order valence-electron chi connectivity index (χ1n) is 10.3. The highest BCUT2D eigenvalue weighted by Gasteiger charge is 2.17. The van der Waals surface area contributed by atoms with Gasteiger partial charge in [-0.15, -0.1) is 0 Å². The molecule has 0 spiro atoms. The van der Waals surface area contributed by atoms with Gasteiger partial charge in [0, 0.05) is 16.5 Å². The Morgan fingerprint density at radius 3 is 1.97 bits per heavy atom. The van der Waals surface area contributed by atoms with Crippen molar-refractivity contribution >= 4 is 22.1 Å². The lowest BCUT2D eigenvalue weighted by atomic mass is 10.0. The van der Waals surface area contributed by atoms with Gasteiger partial charge in [0.1, 0.15) is 5.58 Å². The van der Waals surface area contributed by atoms with E-state index in [0.29, 0.717) is 11.5 Å². The van der Waals surface area contributed by atoms with Crippen molar-refractivity contribution < 1.29 is 4.42 Å². The van der Waals surface area contributed by atoms with Crippen LogP contribution in [0.2, 0.25) is 0 Å². The molecule has 0 aliphatic rings. The van der Waals surface area contributed by atoms with Crippen molar-refractivity contribution in [3.8, 4) is 33.8 Å².